The molecule has 0 fully saturated rings. The second-order valence-electron chi connectivity index (χ2n) is 8.10. The van der Waals surface area contributed by atoms with Gasteiger partial charge >= 0.3 is 0 Å². The van der Waals surface area contributed by atoms with Crippen LogP contribution in [0.15, 0.2) is 60.8 Å². The molecule has 28 heavy (non-hydrogen) atoms. The minimum Gasteiger partial charge on any atom is -0.382 e. The molecule has 0 aliphatic rings. The molecule has 0 saturated carbocycles. The van der Waals surface area contributed by atoms with Crippen LogP contribution in [0.4, 0.5) is 11.6 Å². The molecule has 4 N–H and O–H groups in total. The van der Waals surface area contributed by atoms with Crippen molar-refractivity contribution in [1.82, 2.24) is 15.2 Å². The smallest absolute Gasteiger partial charge is 0.153 e. The van der Waals surface area contributed by atoms with Crippen LogP contribution in [0.3, 0.4) is 0 Å². The predicted molar refractivity (Wildman–Crippen MR) is 116 cm³/mol. The highest BCUT2D eigenvalue weighted by Crippen LogP contribution is 2.27. The first-order chi connectivity index (χ1) is 13.4. The summed E-state index contributed by atoms with van der Waals surface area (Å²) < 4.78 is 0. The van der Waals surface area contributed by atoms with Crippen LogP contribution in [0.5, 0.6) is 0 Å². The van der Waals surface area contributed by atoms with Crippen molar-refractivity contribution in [3.05, 3.63) is 71.9 Å². The van der Waals surface area contributed by atoms with Crippen molar-refractivity contribution in [1.29, 1.82) is 0 Å². The standard InChI is InChI=1S/C23H25N5/c1-23(2,3)18-7-4-15(5-8-18)14-26-21-13-17(10-11-25-21)16-6-9-20-19(12-16)22(24)28-27-20/h4-13H,14H2,1-3H3,(H,25,26)(H3,24,27,28). The minimum atomic E-state index is 0.168. The highest BCUT2D eigenvalue weighted by molar-refractivity contribution is 5.92. The molecule has 2 aromatic carbocycles. The number of rotatable bonds is 4. The van der Waals surface area contributed by atoms with E-state index >= 15 is 0 Å². The topological polar surface area (TPSA) is 79.6 Å². The number of nitrogen functional groups attached to an aromatic ring is 1. The van der Waals surface area contributed by atoms with Gasteiger partial charge in [0.1, 0.15) is 5.82 Å². The van der Waals surface area contributed by atoms with Crippen molar-refractivity contribution in [2.24, 2.45) is 0 Å². The fourth-order valence-electron chi connectivity index (χ4n) is 3.24. The van der Waals surface area contributed by atoms with Crippen LogP contribution in [0.2, 0.25) is 0 Å². The summed E-state index contributed by atoms with van der Waals surface area (Å²) in [4.78, 5) is 4.45. The molecule has 0 amide bonds. The van der Waals surface area contributed by atoms with E-state index in [4.69, 9.17) is 5.73 Å². The number of hydrogen-bond donors (Lipinski definition) is 3. The van der Waals surface area contributed by atoms with Crippen molar-refractivity contribution in [2.75, 3.05) is 11.1 Å². The van der Waals surface area contributed by atoms with E-state index in [1.807, 2.05) is 18.3 Å². The number of nitrogens with two attached hydrogens (primary N) is 1. The van der Waals surface area contributed by atoms with Crippen molar-refractivity contribution >= 4 is 22.5 Å². The molecule has 2 aromatic heterocycles. The van der Waals surface area contributed by atoms with Crippen molar-refractivity contribution in [3.8, 4) is 11.1 Å². The predicted octanol–water partition coefficient (Wildman–Crippen LogP) is 5.12. The quantitative estimate of drug-likeness (QED) is 0.465. The molecule has 0 aliphatic carbocycles. The first-order valence-corrected chi connectivity index (χ1v) is 9.43. The van der Waals surface area contributed by atoms with Crippen LogP contribution in [0.25, 0.3) is 22.0 Å². The van der Waals surface area contributed by atoms with Gasteiger partial charge in [-0.25, -0.2) is 4.98 Å². The molecule has 0 radical (unpaired) electrons. The van der Waals surface area contributed by atoms with Crippen LogP contribution in [0.1, 0.15) is 31.9 Å². The summed E-state index contributed by atoms with van der Waals surface area (Å²) in [5.41, 5.74) is 11.8. The van der Waals surface area contributed by atoms with Gasteiger partial charge < -0.3 is 11.1 Å². The third kappa shape index (κ3) is 3.69. The summed E-state index contributed by atoms with van der Waals surface area (Å²) >= 11 is 0. The second-order valence-corrected chi connectivity index (χ2v) is 8.10. The number of H-pyrrole nitrogens is 1. The lowest BCUT2D eigenvalue weighted by molar-refractivity contribution is 0.590. The molecule has 142 valence electrons. The molecule has 4 rings (SSSR count). The molecule has 5 nitrogen and oxygen atoms in total. The van der Waals surface area contributed by atoms with Crippen LogP contribution in [-0.2, 0) is 12.0 Å². The molecule has 0 bridgehead atoms. The van der Waals surface area contributed by atoms with E-state index in [2.05, 4.69) is 83.7 Å². The largest absolute Gasteiger partial charge is 0.382 e. The maximum Gasteiger partial charge on any atom is 0.153 e. The highest BCUT2D eigenvalue weighted by Gasteiger charge is 2.12. The number of aromatic nitrogens is 3. The summed E-state index contributed by atoms with van der Waals surface area (Å²) in [6.45, 7) is 7.41. The molecular weight excluding hydrogens is 346 g/mol. The number of anilines is 2. The summed E-state index contributed by atoms with van der Waals surface area (Å²) in [5.74, 6) is 1.36. The first kappa shape index (κ1) is 18.0. The van der Waals surface area contributed by atoms with Gasteiger partial charge in [-0.3, -0.25) is 5.10 Å². The SMILES string of the molecule is CC(C)(C)c1ccc(CNc2cc(-c3ccc4[nH]nc(N)c4c3)ccn2)cc1. The summed E-state index contributed by atoms with van der Waals surface area (Å²) in [6.07, 6.45) is 1.82. The fraction of sp³-hybridized carbons (Fsp3) is 0.217. The lowest BCUT2D eigenvalue weighted by Gasteiger charge is -2.19. The number of hydrogen-bond acceptors (Lipinski definition) is 4. The van der Waals surface area contributed by atoms with Gasteiger partial charge in [-0.2, -0.15) is 5.10 Å². The van der Waals surface area contributed by atoms with Gasteiger partial charge in [0.15, 0.2) is 5.82 Å². The van der Waals surface area contributed by atoms with Crippen LogP contribution in [0, 0.1) is 0 Å². The molecule has 0 saturated heterocycles. The molecule has 5 heteroatoms. The van der Waals surface area contributed by atoms with Gasteiger partial charge in [0.25, 0.3) is 0 Å². The molecule has 0 spiro atoms. The number of nitrogens with zero attached hydrogens (tertiary/aromatic N) is 2. The van der Waals surface area contributed by atoms with E-state index in [-0.39, 0.29) is 5.41 Å². The van der Waals surface area contributed by atoms with Crippen LogP contribution >= 0.6 is 0 Å². The second kappa shape index (κ2) is 7.00. The van der Waals surface area contributed by atoms with Gasteiger partial charge in [0.05, 0.1) is 5.52 Å². The van der Waals surface area contributed by atoms with E-state index in [9.17, 15) is 0 Å². The lowest BCUT2D eigenvalue weighted by Crippen LogP contribution is -2.11. The molecule has 0 aliphatic heterocycles. The Kier molecular flexibility index (Phi) is 4.51. The molecule has 4 aromatic rings. The van der Waals surface area contributed by atoms with E-state index < -0.39 is 0 Å². The molecule has 2 heterocycles. The molecule has 0 unspecified atom stereocenters. The normalized spacial score (nSPS) is 11.7. The Morgan fingerprint density at radius 2 is 1.71 bits per heavy atom. The Bertz CT molecular complexity index is 1100. The maximum absolute atomic E-state index is 5.94. The average Bonchev–Trinajstić information content (AvgIpc) is 3.07. The van der Waals surface area contributed by atoms with Gasteiger partial charge in [0, 0.05) is 18.1 Å². The van der Waals surface area contributed by atoms with E-state index in [1.165, 1.54) is 11.1 Å². The Balaban J connectivity index is 1.51. The summed E-state index contributed by atoms with van der Waals surface area (Å²) in [6, 6.07) is 18.9. The van der Waals surface area contributed by atoms with E-state index in [0.717, 1.165) is 34.4 Å². The Labute approximate surface area is 165 Å². The lowest BCUT2D eigenvalue weighted by atomic mass is 9.87. The number of nitrogens with one attached hydrogen (secondary N) is 2. The Hall–Kier alpha value is -3.34. The molecular formula is C23H25N5. The number of benzene rings is 2. The average molecular weight is 371 g/mol. The van der Waals surface area contributed by atoms with E-state index in [0.29, 0.717) is 5.82 Å². The number of aromatic amines is 1. The van der Waals surface area contributed by atoms with Gasteiger partial charge in [-0.1, -0.05) is 51.1 Å². The van der Waals surface area contributed by atoms with Gasteiger partial charge in [0.2, 0.25) is 0 Å². The first-order valence-electron chi connectivity index (χ1n) is 9.43. The van der Waals surface area contributed by atoms with Crippen molar-refractivity contribution < 1.29 is 0 Å². The van der Waals surface area contributed by atoms with Crippen LogP contribution in [-0.4, -0.2) is 15.2 Å². The molecule has 0 atom stereocenters. The van der Waals surface area contributed by atoms with E-state index in [1.54, 1.807) is 0 Å². The Morgan fingerprint density at radius 3 is 2.46 bits per heavy atom. The van der Waals surface area contributed by atoms with Gasteiger partial charge in [-0.15, -0.1) is 0 Å². The Morgan fingerprint density at radius 1 is 0.964 bits per heavy atom. The third-order valence-corrected chi connectivity index (χ3v) is 4.98. The van der Waals surface area contributed by atoms with Crippen molar-refractivity contribution in [2.45, 2.75) is 32.7 Å². The van der Waals surface area contributed by atoms with Gasteiger partial charge in [-0.05, 0) is 51.9 Å². The van der Waals surface area contributed by atoms with Crippen LogP contribution < -0.4 is 11.1 Å². The summed E-state index contributed by atoms with van der Waals surface area (Å²) in [7, 11) is 0. The number of pyridine rings is 1. The number of fused-ring (bicyclic) bond motifs is 1. The monoisotopic (exact) mass is 371 g/mol. The van der Waals surface area contributed by atoms with Crippen molar-refractivity contribution in [3.63, 3.8) is 0 Å². The maximum atomic E-state index is 5.94. The fourth-order valence-corrected chi connectivity index (χ4v) is 3.24. The third-order valence-electron chi connectivity index (χ3n) is 4.98. The zero-order chi connectivity index (χ0) is 19.7. The highest BCUT2D eigenvalue weighted by atomic mass is 15.1. The summed E-state index contributed by atoms with van der Waals surface area (Å²) in [5, 5.41) is 11.3. The zero-order valence-corrected chi connectivity index (χ0v) is 16.5. The minimum absolute atomic E-state index is 0.168. The zero-order valence-electron chi connectivity index (χ0n) is 16.5.